The van der Waals surface area contributed by atoms with Crippen LogP contribution in [-0.4, -0.2) is 39.2 Å². The molecule has 0 unspecified atom stereocenters. The standard InChI is InChI=1S/C16H22N6OS/c1-2-3-6-14-20-21-16(24-14)19-15(23)12-5-4-9-22(11-12)13-10-17-7-8-18-13/h7-8,10,12H,2-6,9,11H2,1H3,(H,19,21,23)/t12-/m0/s1. The van der Waals surface area contributed by atoms with E-state index in [4.69, 9.17) is 0 Å². The van der Waals surface area contributed by atoms with Crippen molar-refractivity contribution in [2.45, 2.75) is 39.0 Å². The van der Waals surface area contributed by atoms with E-state index >= 15 is 0 Å². The van der Waals surface area contributed by atoms with Crippen LogP contribution in [0.1, 0.15) is 37.6 Å². The topological polar surface area (TPSA) is 83.9 Å². The highest BCUT2D eigenvalue weighted by molar-refractivity contribution is 7.15. The van der Waals surface area contributed by atoms with Crippen LogP contribution in [-0.2, 0) is 11.2 Å². The molecule has 1 atom stereocenters. The first-order chi connectivity index (χ1) is 11.8. The minimum atomic E-state index is -0.0660. The molecule has 1 saturated heterocycles. The number of aryl methyl sites for hydroxylation is 1. The fourth-order valence-corrected chi connectivity index (χ4v) is 3.58. The minimum absolute atomic E-state index is 0.0155. The van der Waals surface area contributed by atoms with Crippen LogP contribution in [0.15, 0.2) is 18.6 Å². The van der Waals surface area contributed by atoms with Gasteiger partial charge in [0.15, 0.2) is 0 Å². The summed E-state index contributed by atoms with van der Waals surface area (Å²) in [5.41, 5.74) is 0. The Morgan fingerprint density at radius 1 is 1.42 bits per heavy atom. The number of hydrogen-bond donors (Lipinski definition) is 1. The minimum Gasteiger partial charge on any atom is -0.355 e. The molecular weight excluding hydrogens is 324 g/mol. The van der Waals surface area contributed by atoms with Crippen molar-refractivity contribution in [1.29, 1.82) is 0 Å². The highest BCUT2D eigenvalue weighted by Crippen LogP contribution is 2.23. The predicted molar refractivity (Wildman–Crippen MR) is 94.1 cm³/mol. The summed E-state index contributed by atoms with van der Waals surface area (Å²) in [5.74, 6) is 0.776. The summed E-state index contributed by atoms with van der Waals surface area (Å²) in [7, 11) is 0. The maximum atomic E-state index is 12.5. The van der Waals surface area contributed by atoms with Gasteiger partial charge in [-0.05, 0) is 19.3 Å². The van der Waals surface area contributed by atoms with Gasteiger partial charge in [-0.3, -0.25) is 9.78 Å². The van der Waals surface area contributed by atoms with Gasteiger partial charge in [-0.2, -0.15) is 0 Å². The van der Waals surface area contributed by atoms with Crippen LogP contribution in [0.5, 0.6) is 0 Å². The lowest BCUT2D eigenvalue weighted by atomic mass is 9.97. The average Bonchev–Trinajstić information content (AvgIpc) is 3.08. The Kier molecular flexibility index (Phi) is 5.68. The van der Waals surface area contributed by atoms with Gasteiger partial charge in [0.25, 0.3) is 0 Å². The summed E-state index contributed by atoms with van der Waals surface area (Å²) in [4.78, 5) is 23.1. The normalized spacial score (nSPS) is 17.7. The fraction of sp³-hybridized carbons (Fsp3) is 0.562. The molecule has 7 nitrogen and oxygen atoms in total. The quantitative estimate of drug-likeness (QED) is 0.865. The van der Waals surface area contributed by atoms with Crippen LogP contribution in [0, 0.1) is 5.92 Å². The molecule has 8 heteroatoms. The first-order valence-electron chi connectivity index (χ1n) is 8.40. The van der Waals surface area contributed by atoms with Crippen molar-refractivity contribution in [2.24, 2.45) is 5.92 Å². The number of hydrogen-bond acceptors (Lipinski definition) is 7. The van der Waals surface area contributed by atoms with Crippen molar-refractivity contribution >= 4 is 28.2 Å². The van der Waals surface area contributed by atoms with E-state index in [2.05, 4.69) is 37.3 Å². The van der Waals surface area contributed by atoms with E-state index in [0.29, 0.717) is 11.7 Å². The third kappa shape index (κ3) is 4.25. The van der Waals surface area contributed by atoms with Crippen LogP contribution in [0.4, 0.5) is 10.9 Å². The summed E-state index contributed by atoms with van der Waals surface area (Å²) in [6.07, 6.45) is 10.1. The molecule has 3 heterocycles. The lowest BCUT2D eigenvalue weighted by Crippen LogP contribution is -2.41. The third-order valence-electron chi connectivity index (χ3n) is 4.11. The van der Waals surface area contributed by atoms with Crippen molar-refractivity contribution in [3.63, 3.8) is 0 Å². The Labute approximate surface area is 145 Å². The van der Waals surface area contributed by atoms with E-state index in [1.807, 2.05) is 0 Å². The zero-order valence-corrected chi connectivity index (χ0v) is 14.6. The number of aromatic nitrogens is 4. The molecule has 0 aromatic carbocycles. The first kappa shape index (κ1) is 16.8. The zero-order valence-electron chi connectivity index (χ0n) is 13.8. The van der Waals surface area contributed by atoms with Gasteiger partial charge in [0.1, 0.15) is 10.8 Å². The molecular formula is C16H22N6OS. The van der Waals surface area contributed by atoms with Crippen LogP contribution in [0.25, 0.3) is 0 Å². The molecule has 2 aromatic rings. The number of piperidine rings is 1. The first-order valence-corrected chi connectivity index (χ1v) is 9.22. The summed E-state index contributed by atoms with van der Waals surface area (Å²) in [6, 6.07) is 0. The van der Waals surface area contributed by atoms with Crippen molar-refractivity contribution in [1.82, 2.24) is 20.2 Å². The fourth-order valence-electron chi connectivity index (χ4n) is 2.79. The molecule has 1 N–H and O–H groups in total. The molecule has 0 radical (unpaired) electrons. The zero-order chi connectivity index (χ0) is 16.8. The summed E-state index contributed by atoms with van der Waals surface area (Å²) in [6.45, 7) is 3.71. The summed E-state index contributed by atoms with van der Waals surface area (Å²) >= 11 is 1.47. The highest BCUT2D eigenvalue weighted by Gasteiger charge is 2.27. The number of carbonyl (C=O) groups is 1. The van der Waals surface area contributed by atoms with E-state index < -0.39 is 0 Å². The number of anilines is 2. The predicted octanol–water partition coefficient (Wildman–Crippen LogP) is 2.53. The van der Waals surface area contributed by atoms with E-state index in [-0.39, 0.29) is 11.8 Å². The van der Waals surface area contributed by atoms with Gasteiger partial charge in [0.2, 0.25) is 11.0 Å². The van der Waals surface area contributed by atoms with Gasteiger partial charge in [-0.1, -0.05) is 24.7 Å². The molecule has 3 rings (SSSR count). The molecule has 1 aliphatic rings. The van der Waals surface area contributed by atoms with Gasteiger partial charge >= 0.3 is 0 Å². The Morgan fingerprint density at radius 3 is 3.12 bits per heavy atom. The van der Waals surface area contributed by atoms with E-state index in [1.165, 1.54) is 11.3 Å². The van der Waals surface area contributed by atoms with Crippen LogP contribution >= 0.6 is 11.3 Å². The largest absolute Gasteiger partial charge is 0.355 e. The molecule has 1 aliphatic heterocycles. The number of nitrogens with zero attached hydrogens (tertiary/aromatic N) is 5. The van der Waals surface area contributed by atoms with Gasteiger partial charge in [0.05, 0.1) is 12.1 Å². The molecule has 1 fully saturated rings. The molecule has 0 bridgehead atoms. The molecule has 2 aromatic heterocycles. The number of unbranched alkanes of at least 4 members (excludes halogenated alkanes) is 1. The van der Waals surface area contributed by atoms with Gasteiger partial charge < -0.3 is 10.2 Å². The number of carbonyl (C=O) groups excluding carboxylic acids is 1. The van der Waals surface area contributed by atoms with Crippen molar-refractivity contribution in [3.8, 4) is 0 Å². The Balaban J connectivity index is 1.57. The monoisotopic (exact) mass is 346 g/mol. The van der Waals surface area contributed by atoms with Crippen molar-refractivity contribution in [3.05, 3.63) is 23.6 Å². The second-order valence-electron chi connectivity index (χ2n) is 5.94. The molecule has 0 saturated carbocycles. The van der Waals surface area contributed by atoms with Crippen LogP contribution in [0.2, 0.25) is 0 Å². The Morgan fingerprint density at radius 2 is 2.33 bits per heavy atom. The SMILES string of the molecule is CCCCc1nnc(NC(=O)[C@H]2CCCN(c3cnccn3)C2)s1. The smallest absolute Gasteiger partial charge is 0.231 e. The maximum absolute atomic E-state index is 12.5. The van der Waals surface area contributed by atoms with Gasteiger partial charge in [0, 0.05) is 31.9 Å². The van der Waals surface area contributed by atoms with E-state index in [9.17, 15) is 4.79 Å². The second-order valence-corrected chi connectivity index (χ2v) is 7.00. The molecule has 1 amide bonds. The lowest BCUT2D eigenvalue weighted by Gasteiger charge is -2.32. The van der Waals surface area contributed by atoms with Gasteiger partial charge in [-0.15, -0.1) is 10.2 Å². The number of rotatable bonds is 6. The van der Waals surface area contributed by atoms with Crippen LogP contribution in [0.3, 0.4) is 0 Å². The summed E-state index contributed by atoms with van der Waals surface area (Å²) < 4.78 is 0. The summed E-state index contributed by atoms with van der Waals surface area (Å²) in [5, 5.41) is 12.7. The molecule has 24 heavy (non-hydrogen) atoms. The van der Waals surface area contributed by atoms with Crippen molar-refractivity contribution < 1.29 is 4.79 Å². The van der Waals surface area contributed by atoms with Gasteiger partial charge in [-0.25, -0.2) is 4.98 Å². The van der Waals surface area contributed by atoms with E-state index in [0.717, 1.165) is 49.5 Å². The molecule has 0 aliphatic carbocycles. The maximum Gasteiger partial charge on any atom is 0.231 e. The van der Waals surface area contributed by atoms with Crippen LogP contribution < -0.4 is 10.2 Å². The average molecular weight is 346 g/mol. The third-order valence-corrected chi connectivity index (χ3v) is 5.01. The Bertz CT molecular complexity index is 662. The lowest BCUT2D eigenvalue weighted by molar-refractivity contribution is -0.120. The Hall–Kier alpha value is -2.09. The second kappa shape index (κ2) is 8.14. The molecule has 0 spiro atoms. The number of amides is 1. The molecule has 128 valence electrons. The van der Waals surface area contributed by atoms with Crippen molar-refractivity contribution in [2.75, 3.05) is 23.3 Å². The number of nitrogens with one attached hydrogen (secondary N) is 1. The van der Waals surface area contributed by atoms with E-state index in [1.54, 1.807) is 18.6 Å². The highest BCUT2D eigenvalue weighted by atomic mass is 32.1.